The van der Waals surface area contributed by atoms with E-state index in [-0.39, 0.29) is 10.8 Å². The van der Waals surface area contributed by atoms with Crippen LogP contribution in [0.4, 0.5) is 0 Å². The third-order valence-electron chi connectivity index (χ3n) is 9.49. The van der Waals surface area contributed by atoms with Crippen molar-refractivity contribution < 1.29 is 44.4 Å². The number of alkyl halides is 1. The molecule has 11 atom stereocenters. The first-order valence-electron chi connectivity index (χ1n) is 12.8. The van der Waals surface area contributed by atoms with Gasteiger partial charge < -0.3 is 34.6 Å². The number of benzene rings is 1. The molecule has 2 aliphatic heterocycles. The van der Waals surface area contributed by atoms with E-state index in [2.05, 4.69) is 0 Å². The summed E-state index contributed by atoms with van der Waals surface area (Å²) in [4.78, 5) is 11.7. The number of aliphatic hydroxyl groups is 4. The summed E-state index contributed by atoms with van der Waals surface area (Å²) in [6, 6.07) is 5.58. The molecular formula is C26H35ClO9. The van der Waals surface area contributed by atoms with Crippen LogP contribution in [0.2, 0.25) is 0 Å². The molecule has 1 aromatic carbocycles. The third-order valence-corrected chi connectivity index (χ3v) is 9.99. The van der Waals surface area contributed by atoms with Gasteiger partial charge in [-0.05, 0) is 74.8 Å². The van der Waals surface area contributed by atoms with Gasteiger partial charge in [0.15, 0.2) is 5.60 Å². The molecule has 4 N–H and O–H groups in total. The van der Waals surface area contributed by atoms with Gasteiger partial charge in [-0.1, -0.05) is 12.1 Å². The van der Waals surface area contributed by atoms with Crippen LogP contribution in [-0.4, -0.2) is 75.3 Å². The number of aliphatic hydroxyl groups excluding tert-OH is 4. The summed E-state index contributed by atoms with van der Waals surface area (Å²) in [6.45, 7) is 1.31. The second-order valence-corrected chi connectivity index (χ2v) is 12.2. The quantitative estimate of drug-likeness (QED) is 0.336. The Bertz CT molecular complexity index is 1000. The Morgan fingerprint density at radius 2 is 1.86 bits per heavy atom. The van der Waals surface area contributed by atoms with E-state index in [4.69, 9.17) is 35.6 Å². The van der Waals surface area contributed by atoms with E-state index in [1.54, 1.807) is 13.2 Å². The average molecular weight is 527 g/mol. The predicted octanol–water partition coefficient (Wildman–Crippen LogP) is 1.88. The lowest BCUT2D eigenvalue weighted by atomic mass is 9.50. The smallest absolute Gasteiger partial charge is 0.260 e. The summed E-state index contributed by atoms with van der Waals surface area (Å²) in [6.07, 6.45) is -0.953. The highest BCUT2D eigenvalue weighted by Gasteiger charge is 2.74. The van der Waals surface area contributed by atoms with Gasteiger partial charge in [-0.15, -0.1) is 11.6 Å². The maximum absolute atomic E-state index is 10.5. The number of aryl methyl sites for hydroxylation is 1. The van der Waals surface area contributed by atoms with Gasteiger partial charge in [0.05, 0.1) is 6.61 Å². The van der Waals surface area contributed by atoms with Gasteiger partial charge in [0.25, 0.3) is 5.79 Å². The van der Waals surface area contributed by atoms with Gasteiger partial charge in [0.1, 0.15) is 30.2 Å². The first-order valence-corrected chi connectivity index (χ1v) is 13.2. The highest BCUT2D eigenvalue weighted by molar-refractivity contribution is 6.24. The SMILES string of the molecule is COC1(c2ccc(C)c(OC3OC(CO)C(O)C(O)C3O)c2)OOC12CC1CCC3(Cl)CC1CC2C3. The number of ether oxygens (including phenoxy) is 3. The standard InChI is InChI=1S/C26H35ClO9/c1-13-3-4-16(8-18(13)33-23-22(31)21(30)20(29)19(12-28)34-23)26(32-2)25(35-36-26)10-14-5-6-24(27)9-15(14)7-17(25)11-24/h3-4,8,14-15,17,19-23,28-31H,5-7,9-12H2,1-2H3. The summed E-state index contributed by atoms with van der Waals surface area (Å²) in [7, 11) is 1.62. The topological polar surface area (TPSA) is 127 Å². The minimum atomic E-state index is -1.53. The highest BCUT2D eigenvalue weighted by Crippen LogP contribution is 2.68. The number of halogens is 1. The van der Waals surface area contributed by atoms with Crippen molar-refractivity contribution in [1.82, 2.24) is 0 Å². The number of fused-ring (bicyclic) bond motifs is 3. The van der Waals surface area contributed by atoms with E-state index in [0.29, 0.717) is 23.1 Å². The minimum absolute atomic E-state index is 0.190. The molecule has 9 nitrogen and oxygen atoms in total. The van der Waals surface area contributed by atoms with Crippen molar-refractivity contribution in [3.63, 3.8) is 0 Å². The maximum Gasteiger partial charge on any atom is 0.260 e. The fourth-order valence-corrected chi connectivity index (χ4v) is 8.01. The van der Waals surface area contributed by atoms with Crippen molar-refractivity contribution in [3.8, 4) is 5.75 Å². The van der Waals surface area contributed by atoms with Crippen molar-refractivity contribution >= 4 is 11.6 Å². The number of hydrogen-bond acceptors (Lipinski definition) is 9. The minimum Gasteiger partial charge on any atom is -0.462 e. The molecule has 10 heteroatoms. The first-order chi connectivity index (χ1) is 17.1. The fraction of sp³-hybridized carbons (Fsp3) is 0.769. The summed E-state index contributed by atoms with van der Waals surface area (Å²) in [5.41, 5.74) is 0.806. The lowest BCUT2D eigenvalue weighted by Gasteiger charge is -2.66. The average Bonchev–Trinajstić information content (AvgIpc) is 2.84. The van der Waals surface area contributed by atoms with Crippen LogP contribution in [0.15, 0.2) is 18.2 Å². The summed E-state index contributed by atoms with van der Waals surface area (Å²) in [5.74, 6) is 0.542. The molecule has 36 heavy (non-hydrogen) atoms. The second kappa shape index (κ2) is 8.76. The molecule has 0 amide bonds. The molecule has 200 valence electrons. The normalized spacial score (nSPS) is 49.6. The Morgan fingerprint density at radius 3 is 2.56 bits per heavy atom. The molecule has 2 saturated heterocycles. The molecule has 1 aromatic rings. The third kappa shape index (κ3) is 3.52. The van der Waals surface area contributed by atoms with Crippen molar-refractivity contribution in [2.24, 2.45) is 17.8 Å². The fourth-order valence-electron chi connectivity index (χ4n) is 7.52. The molecule has 0 aromatic heterocycles. The molecule has 5 fully saturated rings. The Kier molecular flexibility index (Phi) is 6.15. The van der Waals surface area contributed by atoms with Gasteiger partial charge in [0, 0.05) is 17.5 Å². The number of hydrogen-bond donors (Lipinski definition) is 4. The van der Waals surface area contributed by atoms with Crippen LogP contribution >= 0.6 is 11.6 Å². The molecule has 2 heterocycles. The van der Waals surface area contributed by atoms with Crippen LogP contribution in [0.1, 0.15) is 49.7 Å². The second-order valence-electron chi connectivity index (χ2n) is 11.4. The lowest BCUT2D eigenvalue weighted by Crippen LogP contribution is -2.73. The zero-order valence-corrected chi connectivity index (χ0v) is 21.3. The van der Waals surface area contributed by atoms with Crippen molar-refractivity contribution in [2.75, 3.05) is 13.7 Å². The zero-order chi connectivity index (χ0) is 25.5. The summed E-state index contributed by atoms with van der Waals surface area (Å²) in [5, 5.41) is 40.2. The predicted molar refractivity (Wildman–Crippen MR) is 126 cm³/mol. The maximum atomic E-state index is 10.5. The summed E-state index contributed by atoms with van der Waals surface area (Å²) < 4.78 is 17.7. The van der Waals surface area contributed by atoms with E-state index in [9.17, 15) is 20.4 Å². The van der Waals surface area contributed by atoms with E-state index in [0.717, 1.165) is 44.1 Å². The Hall–Kier alpha value is -1.01. The van der Waals surface area contributed by atoms with Crippen molar-refractivity contribution in [2.45, 2.75) is 92.4 Å². The van der Waals surface area contributed by atoms with Gasteiger partial charge in [0.2, 0.25) is 6.29 Å². The Balaban J connectivity index is 1.32. The molecule has 6 rings (SSSR count). The highest BCUT2D eigenvalue weighted by atomic mass is 35.5. The van der Waals surface area contributed by atoms with Crippen LogP contribution in [0.25, 0.3) is 0 Å². The van der Waals surface area contributed by atoms with E-state index < -0.39 is 48.7 Å². The largest absolute Gasteiger partial charge is 0.462 e. The molecule has 3 bridgehead atoms. The molecule has 3 saturated carbocycles. The van der Waals surface area contributed by atoms with E-state index in [1.807, 2.05) is 19.1 Å². The molecule has 0 radical (unpaired) electrons. The molecule has 1 spiro atoms. The van der Waals surface area contributed by atoms with Gasteiger partial charge >= 0.3 is 0 Å². The summed E-state index contributed by atoms with van der Waals surface area (Å²) >= 11 is 7.05. The van der Waals surface area contributed by atoms with Crippen LogP contribution in [-0.2, 0) is 25.0 Å². The zero-order valence-electron chi connectivity index (χ0n) is 20.5. The Labute approximate surface area is 215 Å². The van der Waals surface area contributed by atoms with Gasteiger partial charge in [-0.3, -0.25) is 0 Å². The molecule has 3 aliphatic carbocycles. The van der Waals surface area contributed by atoms with Crippen LogP contribution in [0.3, 0.4) is 0 Å². The molecule has 11 unspecified atom stereocenters. The van der Waals surface area contributed by atoms with Crippen LogP contribution in [0.5, 0.6) is 5.75 Å². The van der Waals surface area contributed by atoms with Crippen molar-refractivity contribution in [1.29, 1.82) is 0 Å². The molecule has 5 aliphatic rings. The van der Waals surface area contributed by atoms with Crippen molar-refractivity contribution in [3.05, 3.63) is 29.3 Å². The van der Waals surface area contributed by atoms with Gasteiger partial charge in [-0.2, -0.15) is 4.89 Å². The van der Waals surface area contributed by atoms with E-state index in [1.165, 1.54) is 0 Å². The molecular weight excluding hydrogens is 492 g/mol. The lowest BCUT2D eigenvalue weighted by molar-refractivity contribution is -0.635. The first kappa shape index (κ1) is 25.3. The van der Waals surface area contributed by atoms with Gasteiger partial charge in [-0.25, -0.2) is 4.89 Å². The van der Waals surface area contributed by atoms with Crippen LogP contribution in [0, 0.1) is 24.7 Å². The number of rotatable bonds is 5. The van der Waals surface area contributed by atoms with Crippen LogP contribution < -0.4 is 4.74 Å². The van der Waals surface area contributed by atoms with E-state index >= 15 is 0 Å². The Morgan fingerprint density at radius 1 is 1.06 bits per heavy atom. The number of methoxy groups -OCH3 is 1. The monoisotopic (exact) mass is 526 g/mol.